The highest BCUT2D eigenvalue weighted by Crippen LogP contribution is 2.03. The summed E-state index contributed by atoms with van der Waals surface area (Å²) >= 11 is 0. The van der Waals surface area contributed by atoms with Crippen molar-refractivity contribution in [2.45, 2.75) is 37.9 Å². The zero-order valence-electron chi connectivity index (χ0n) is 15.9. The second-order valence-corrected chi connectivity index (χ2v) is 6.37. The van der Waals surface area contributed by atoms with Gasteiger partial charge in [0, 0.05) is 0 Å². The molecule has 0 spiro atoms. The average molecular weight is 407 g/mol. The number of primary amides is 1. The molecule has 158 valence electrons. The Labute approximate surface area is 167 Å². The van der Waals surface area contributed by atoms with E-state index >= 15 is 0 Å². The quantitative estimate of drug-likeness (QED) is 0.236. The second-order valence-electron chi connectivity index (χ2n) is 6.37. The van der Waals surface area contributed by atoms with E-state index in [1.807, 2.05) is 6.07 Å². The number of hydrogen-bond donors (Lipinski definition) is 6. The number of carboxylic acids is 1. The topological polar surface area (TPSA) is 194 Å². The number of nitrogens with two attached hydrogens (primary N) is 2. The van der Waals surface area contributed by atoms with Gasteiger partial charge in [0.15, 0.2) is 0 Å². The van der Waals surface area contributed by atoms with E-state index in [2.05, 4.69) is 16.0 Å². The Balaban J connectivity index is 2.64. The SMILES string of the molecule is CC(NC(=O)CNC(=O)C(CC(N)=O)NC(=O)C(N)Cc1ccccc1)C(=O)O. The molecule has 0 bridgehead atoms. The van der Waals surface area contributed by atoms with Gasteiger partial charge in [0.05, 0.1) is 19.0 Å². The van der Waals surface area contributed by atoms with Gasteiger partial charge >= 0.3 is 5.97 Å². The molecule has 1 aromatic rings. The largest absolute Gasteiger partial charge is 0.480 e. The van der Waals surface area contributed by atoms with E-state index < -0.39 is 60.7 Å². The van der Waals surface area contributed by atoms with Gasteiger partial charge in [-0.15, -0.1) is 0 Å². The van der Waals surface area contributed by atoms with Crippen LogP contribution in [0.25, 0.3) is 0 Å². The number of carboxylic acid groups (broad SMARTS) is 1. The third kappa shape index (κ3) is 8.84. The number of benzene rings is 1. The van der Waals surface area contributed by atoms with E-state index in [1.165, 1.54) is 6.92 Å². The molecule has 0 radical (unpaired) electrons. The summed E-state index contributed by atoms with van der Waals surface area (Å²) in [5.74, 6) is -4.33. The summed E-state index contributed by atoms with van der Waals surface area (Å²) in [4.78, 5) is 58.1. The minimum absolute atomic E-state index is 0.215. The van der Waals surface area contributed by atoms with Crippen LogP contribution in [0, 0.1) is 0 Å². The Bertz CT molecular complexity index is 754. The number of amides is 4. The highest BCUT2D eigenvalue weighted by molar-refractivity contribution is 5.95. The van der Waals surface area contributed by atoms with E-state index in [0.717, 1.165) is 5.56 Å². The molecule has 1 aromatic carbocycles. The van der Waals surface area contributed by atoms with Crippen molar-refractivity contribution in [2.24, 2.45) is 11.5 Å². The van der Waals surface area contributed by atoms with Gasteiger partial charge < -0.3 is 32.5 Å². The maximum Gasteiger partial charge on any atom is 0.325 e. The lowest BCUT2D eigenvalue weighted by Crippen LogP contribution is -2.54. The Kier molecular flexibility index (Phi) is 9.26. The molecule has 0 saturated heterocycles. The first kappa shape index (κ1) is 23.6. The summed E-state index contributed by atoms with van der Waals surface area (Å²) < 4.78 is 0. The number of hydrogen-bond acceptors (Lipinski definition) is 6. The lowest BCUT2D eigenvalue weighted by molar-refractivity contribution is -0.141. The van der Waals surface area contributed by atoms with Crippen LogP contribution in [0.5, 0.6) is 0 Å². The molecular formula is C18H25N5O6. The minimum atomic E-state index is -1.33. The first-order valence-corrected chi connectivity index (χ1v) is 8.78. The van der Waals surface area contributed by atoms with Crippen LogP contribution in [0.15, 0.2) is 30.3 Å². The van der Waals surface area contributed by atoms with Gasteiger partial charge in [0.1, 0.15) is 12.1 Å². The van der Waals surface area contributed by atoms with Crippen molar-refractivity contribution in [3.63, 3.8) is 0 Å². The first-order valence-electron chi connectivity index (χ1n) is 8.78. The minimum Gasteiger partial charge on any atom is -0.480 e. The average Bonchev–Trinajstić information content (AvgIpc) is 2.65. The predicted octanol–water partition coefficient (Wildman–Crippen LogP) is -2.38. The molecule has 0 aliphatic rings. The second kappa shape index (κ2) is 11.4. The van der Waals surface area contributed by atoms with E-state index in [1.54, 1.807) is 24.3 Å². The van der Waals surface area contributed by atoms with Gasteiger partial charge in [-0.2, -0.15) is 0 Å². The lowest BCUT2D eigenvalue weighted by Gasteiger charge is -2.20. The normalized spacial score (nSPS) is 13.4. The molecule has 3 atom stereocenters. The molecule has 29 heavy (non-hydrogen) atoms. The summed E-state index contributed by atoms with van der Waals surface area (Å²) in [6, 6.07) is 5.53. The molecule has 3 unspecified atom stereocenters. The summed E-state index contributed by atoms with van der Waals surface area (Å²) in [5, 5.41) is 15.5. The van der Waals surface area contributed by atoms with E-state index in [9.17, 15) is 24.0 Å². The third-order valence-electron chi connectivity index (χ3n) is 3.84. The van der Waals surface area contributed by atoms with E-state index in [0.29, 0.717) is 0 Å². The van der Waals surface area contributed by atoms with Crippen LogP contribution in [0.3, 0.4) is 0 Å². The molecule has 0 aliphatic carbocycles. The number of aliphatic carboxylic acids is 1. The number of carbonyl (C=O) groups is 5. The summed E-state index contributed by atoms with van der Waals surface area (Å²) in [5.41, 5.74) is 11.8. The number of carbonyl (C=O) groups excluding carboxylic acids is 4. The van der Waals surface area contributed by atoms with Crippen molar-refractivity contribution in [1.82, 2.24) is 16.0 Å². The summed E-state index contributed by atoms with van der Waals surface area (Å²) in [7, 11) is 0. The fourth-order valence-corrected chi connectivity index (χ4v) is 2.29. The standard InChI is InChI=1S/C18H25N5O6/c1-10(18(28)29)22-15(25)9-21-17(27)13(8-14(20)24)23-16(26)12(19)7-11-5-3-2-4-6-11/h2-6,10,12-13H,7-9,19H2,1H3,(H2,20,24)(H,21,27)(H,22,25)(H,23,26)(H,28,29). The molecule has 0 saturated carbocycles. The molecule has 4 amide bonds. The van der Waals surface area contributed by atoms with Crippen LogP contribution in [0.1, 0.15) is 18.9 Å². The van der Waals surface area contributed by atoms with E-state index in [-0.39, 0.29) is 6.42 Å². The molecule has 8 N–H and O–H groups in total. The van der Waals surface area contributed by atoms with Crippen molar-refractivity contribution < 1.29 is 29.1 Å². The Morgan fingerprint density at radius 3 is 2.21 bits per heavy atom. The summed E-state index contributed by atoms with van der Waals surface area (Å²) in [6.45, 7) is 0.712. The van der Waals surface area contributed by atoms with Crippen molar-refractivity contribution in [1.29, 1.82) is 0 Å². The predicted molar refractivity (Wildman–Crippen MR) is 102 cm³/mol. The molecule has 1 rings (SSSR count). The Morgan fingerprint density at radius 2 is 1.66 bits per heavy atom. The molecular weight excluding hydrogens is 382 g/mol. The maximum atomic E-state index is 12.3. The molecule has 0 fully saturated rings. The number of nitrogens with one attached hydrogen (secondary N) is 3. The Morgan fingerprint density at radius 1 is 1.03 bits per heavy atom. The van der Waals surface area contributed by atoms with Crippen LogP contribution in [-0.2, 0) is 30.4 Å². The van der Waals surface area contributed by atoms with Crippen LogP contribution in [0.2, 0.25) is 0 Å². The zero-order chi connectivity index (χ0) is 22.0. The molecule has 0 aromatic heterocycles. The van der Waals surface area contributed by atoms with Gasteiger partial charge in [-0.25, -0.2) is 0 Å². The molecule has 11 nitrogen and oxygen atoms in total. The lowest BCUT2D eigenvalue weighted by atomic mass is 10.1. The van der Waals surface area contributed by atoms with Gasteiger partial charge in [-0.1, -0.05) is 30.3 Å². The van der Waals surface area contributed by atoms with Gasteiger partial charge in [-0.05, 0) is 18.9 Å². The van der Waals surface area contributed by atoms with Gasteiger partial charge in [0.2, 0.25) is 23.6 Å². The van der Waals surface area contributed by atoms with Crippen LogP contribution >= 0.6 is 0 Å². The first-order chi connectivity index (χ1) is 13.6. The smallest absolute Gasteiger partial charge is 0.325 e. The van der Waals surface area contributed by atoms with Crippen molar-refractivity contribution >= 4 is 29.6 Å². The fraction of sp³-hybridized carbons (Fsp3) is 0.389. The molecule has 0 heterocycles. The Hall–Kier alpha value is -3.47. The van der Waals surface area contributed by atoms with Crippen LogP contribution < -0.4 is 27.4 Å². The number of rotatable bonds is 11. The van der Waals surface area contributed by atoms with Crippen molar-refractivity contribution in [3.8, 4) is 0 Å². The maximum absolute atomic E-state index is 12.3. The van der Waals surface area contributed by atoms with Crippen LogP contribution in [0.4, 0.5) is 0 Å². The van der Waals surface area contributed by atoms with E-state index in [4.69, 9.17) is 16.6 Å². The molecule has 0 aliphatic heterocycles. The highest BCUT2D eigenvalue weighted by Gasteiger charge is 2.26. The van der Waals surface area contributed by atoms with Gasteiger partial charge in [0.25, 0.3) is 0 Å². The molecule has 11 heteroatoms. The van der Waals surface area contributed by atoms with Crippen molar-refractivity contribution in [3.05, 3.63) is 35.9 Å². The zero-order valence-corrected chi connectivity index (χ0v) is 15.9. The highest BCUT2D eigenvalue weighted by atomic mass is 16.4. The third-order valence-corrected chi connectivity index (χ3v) is 3.84. The van der Waals surface area contributed by atoms with Crippen LogP contribution in [-0.4, -0.2) is 59.4 Å². The summed E-state index contributed by atoms with van der Waals surface area (Å²) in [6.07, 6.45) is -0.282. The van der Waals surface area contributed by atoms with Crippen molar-refractivity contribution in [2.75, 3.05) is 6.54 Å². The fourth-order valence-electron chi connectivity index (χ4n) is 2.29. The monoisotopic (exact) mass is 407 g/mol. The van der Waals surface area contributed by atoms with Gasteiger partial charge in [-0.3, -0.25) is 24.0 Å².